The highest BCUT2D eigenvalue weighted by molar-refractivity contribution is 7.00. The normalized spacial score (nSPS) is 11.3. The number of hydrogen-bond donors (Lipinski definition) is 0. The van der Waals surface area contributed by atoms with Gasteiger partial charge in [-0.05, 0) is 44.4 Å². The molecule has 0 spiro atoms. The highest BCUT2D eigenvalue weighted by Gasteiger charge is 2.15. The first-order chi connectivity index (χ1) is 9.97. The lowest BCUT2D eigenvalue weighted by Gasteiger charge is -2.11. The summed E-state index contributed by atoms with van der Waals surface area (Å²) in [6, 6.07) is 2.16. The Kier molecular flexibility index (Phi) is 3.63. The van der Waals surface area contributed by atoms with Crippen molar-refractivity contribution in [3.63, 3.8) is 0 Å². The van der Waals surface area contributed by atoms with Crippen LogP contribution in [-0.2, 0) is 6.42 Å². The maximum Gasteiger partial charge on any atom is 0.135 e. The highest BCUT2D eigenvalue weighted by Crippen LogP contribution is 2.27. The number of fused-ring (bicyclic) bond motifs is 1. The Morgan fingerprint density at radius 2 is 1.71 bits per heavy atom. The predicted molar refractivity (Wildman–Crippen MR) is 86.2 cm³/mol. The van der Waals surface area contributed by atoms with E-state index < -0.39 is 0 Å². The number of rotatable bonds is 2. The Morgan fingerprint density at radius 3 is 2.48 bits per heavy atom. The summed E-state index contributed by atoms with van der Waals surface area (Å²) in [5, 5.41) is 0.523. The second-order valence-electron chi connectivity index (χ2n) is 5.26. The topological polar surface area (TPSA) is 51.6 Å². The lowest BCUT2D eigenvalue weighted by molar-refractivity contribution is 0.942. The Morgan fingerprint density at radius 1 is 1.00 bits per heavy atom. The molecule has 0 bridgehead atoms. The van der Waals surface area contributed by atoms with Crippen LogP contribution >= 0.6 is 23.3 Å². The van der Waals surface area contributed by atoms with Gasteiger partial charge in [-0.15, -0.1) is 0 Å². The van der Waals surface area contributed by atoms with Crippen LogP contribution in [0, 0.1) is 27.7 Å². The molecule has 0 aliphatic carbocycles. The largest absolute Gasteiger partial charge is 0.238 e. The van der Waals surface area contributed by atoms with Gasteiger partial charge in [-0.3, -0.25) is 0 Å². The average molecular weight is 319 g/mol. The van der Waals surface area contributed by atoms with Gasteiger partial charge in [0.05, 0.1) is 17.4 Å². The summed E-state index contributed by atoms with van der Waals surface area (Å²) >= 11 is 7.42. The van der Waals surface area contributed by atoms with Crippen molar-refractivity contribution in [1.82, 2.24) is 18.7 Å². The van der Waals surface area contributed by atoms with Crippen molar-refractivity contribution in [1.29, 1.82) is 0 Å². The molecule has 0 fully saturated rings. The lowest BCUT2D eigenvalue weighted by Crippen LogP contribution is -2.03. The maximum absolute atomic E-state index is 6.17. The molecule has 0 atom stereocenters. The zero-order valence-electron chi connectivity index (χ0n) is 12.4. The van der Waals surface area contributed by atoms with Gasteiger partial charge < -0.3 is 0 Å². The molecule has 0 saturated heterocycles. The lowest BCUT2D eigenvalue weighted by atomic mass is 9.98. The average Bonchev–Trinajstić information content (AvgIpc) is 2.89. The van der Waals surface area contributed by atoms with E-state index in [0.717, 1.165) is 27.9 Å². The van der Waals surface area contributed by atoms with E-state index in [9.17, 15) is 0 Å². The number of hydrogen-bond acceptors (Lipinski definition) is 5. The van der Waals surface area contributed by atoms with Crippen LogP contribution in [0.3, 0.4) is 0 Å². The smallest absolute Gasteiger partial charge is 0.135 e. The van der Waals surface area contributed by atoms with Gasteiger partial charge >= 0.3 is 0 Å². The molecule has 0 aliphatic rings. The summed E-state index contributed by atoms with van der Waals surface area (Å²) in [5.41, 5.74) is 7.38. The van der Waals surface area contributed by atoms with Gasteiger partial charge in [0.15, 0.2) is 0 Å². The summed E-state index contributed by atoms with van der Waals surface area (Å²) in [4.78, 5) is 8.74. The van der Waals surface area contributed by atoms with Gasteiger partial charge in [0, 0.05) is 12.0 Å². The number of benzene rings is 1. The predicted octanol–water partition coefficient (Wildman–Crippen LogP) is 3.96. The molecular weight excluding hydrogens is 304 g/mol. The molecule has 6 heteroatoms. The summed E-state index contributed by atoms with van der Waals surface area (Å²) in [6.45, 7) is 7.98. The zero-order valence-corrected chi connectivity index (χ0v) is 13.9. The molecule has 0 unspecified atom stereocenters. The third-order valence-corrected chi connectivity index (χ3v) is 4.60. The van der Waals surface area contributed by atoms with Crippen LogP contribution in [-0.4, -0.2) is 18.7 Å². The van der Waals surface area contributed by atoms with Crippen molar-refractivity contribution in [3.8, 4) is 0 Å². The Hall–Kier alpha value is -1.59. The summed E-state index contributed by atoms with van der Waals surface area (Å²) < 4.78 is 8.86. The van der Waals surface area contributed by atoms with Crippen molar-refractivity contribution < 1.29 is 0 Å². The molecule has 2 aromatic heterocycles. The molecule has 0 radical (unpaired) electrons. The molecule has 0 N–H and O–H groups in total. The number of halogens is 1. The summed E-state index contributed by atoms with van der Waals surface area (Å²) in [6.07, 6.45) is 0.697. The summed E-state index contributed by atoms with van der Waals surface area (Å²) in [5.74, 6) is 0.693. The molecule has 21 heavy (non-hydrogen) atoms. The van der Waals surface area contributed by atoms with Crippen LogP contribution in [0.25, 0.3) is 11.0 Å². The first-order valence-electron chi connectivity index (χ1n) is 6.68. The van der Waals surface area contributed by atoms with Crippen molar-refractivity contribution >= 4 is 34.4 Å². The molecule has 1 aromatic carbocycles. The van der Waals surface area contributed by atoms with Crippen molar-refractivity contribution in [2.45, 2.75) is 34.1 Å². The second kappa shape index (κ2) is 5.31. The van der Waals surface area contributed by atoms with Crippen LogP contribution in [0.1, 0.15) is 33.8 Å². The minimum Gasteiger partial charge on any atom is -0.238 e. The van der Waals surface area contributed by atoms with E-state index in [1.165, 1.54) is 22.9 Å². The fourth-order valence-corrected chi connectivity index (χ4v) is 3.39. The minimum atomic E-state index is 0.523. The molecule has 108 valence electrons. The van der Waals surface area contributed by atoms with Gasteiger partial charge in [-0.2, -0.15) is 8.75 Å². The highest BCUT2D eigenvalue weighted by atomic mass is 35.5. The van der Waals surface area contributed by atoms with Crippen LogP contribution < -0.4 is 0 Å². The number of aryl methyl sites for hydroxylation is 3. The fraction of sp³-hybridized carbons (Fsp3) is 0.333. The van der Waals surface area contributed by atoms with Gasteiger partial charge in [0.1, 0.15) is 22.0 Å². The number of aromatic nitrogens is 4. The van der Waals surface area contributed by atoms with Gasteiger partial charge in [-0.1, -0.05) is 17.7 Å². The van der Waals surface area contributed by atoms with Crippen molar-refractivity contribution in [2.75, 3.05) is 0 Å². The molecule has 0 aliphatic heterocycles. The summed E-state index contributed by atoms with van der Waals surface area (Å²) in [7, 11) is 0. The molecule has 0 saturated carbocycles. The van der Waals surface area contributed by atoms with Gasteiger partial charge in [0.25, 0.3) is 0 Å². The van der Waals surface area contributed by atoms with Crippen LogP contribution in [0.15, 0.2) is 6.07 Å². The SMILES string of the molecule is Cc1nc(Cl)c(C)c(Cc2c(C)cc(C)c3nsnc23)n1. The van der Waals surface area contributed by atoms with Gasteiger partial charge in [-0.25, -0.2) is 9.97 Å². The molecule has 4 nitrogen and oxygen atoms in total. The van der Waals surface area contributed by atoms with E-state index in [2.05, 4.69) is 38.6 Å². The second-order valence-corrected chi connectivity index (χ2v) is 6.15. The van der Waals surface area contributed by atoms with E-state index in [1.54, 1.807) is 0 Å². The standard InChI is InChI=1S/C15H15ClN4S/c1-7-5-8(2)13-14(20-21-19-13)11(7)6-12-9(3)15(16)18-10(4)17-12/h5H,6H2,1-4H3. The number of nitrogens with zero attached hydrogens (tertiary/aromatic N) is 4. The first kappa shape index (κ1) is 14.4. The van der Waals surface area contributed by atoms with E-state index in [0.29, 0.717) is 17.4 Å². The monoisotopic (exact) mass is 318 g/mol. The Labute approximate surface area is 132 Å². The molecule has 2 heterocycles. The zero-order chi connectivity index (χ0) is 15.1. The minimum absolute atomic E-state index is 0.523. The van der Waals surface area contributed by atoms with Crippen molar-refractivity contribution in [2.24, 2.45) is 0 Å². The molecular formula is C15H15ClN4S. The van der Waals surface area contributed by atoms with Crippen LogP contribution in [0.2, 0.25) is 5.15 Å². The Balaban J connectivity index is 2.17. The fourth-order valence-electron chi connectivity index (χ4n) is 2.52. The first-order valence-corrected chi connectivity index (χ1v) is 7.79. The molecule has 3 aromatic rings. The van der Waals surface area contributed by atoms with Crippen molar-refractivity contribution in [3.05, 3.63) is 45.0 Å². The van der Waals surface area contributed by atoms with E-state index >= 15 is 0 Å². The van der Waals surface area contributed by atoms with Gasteiger partial charge in [0.2, 0.25) is 0 Å². The molecule has 3 rings (SSSR count). The third kappa shape index (κ3) is 2.51. The Bertz CT molecular complexity index is 841. The van der Waals surface area contributed by atoms with Crippen LogP contribution in [0.4, 0.5) is 0 Å². The van der Waals surface area contributed by atoms with E-state index in [-0.39, 0.29) is 0 Å². The van der Waals surface area contributed by atoms with Crippen LogP contribution in [0.5, 0.6) is 0 Å². The van der Waals surface area contributed by atoms with E-state index in [4.69, 9.17) is 11.6 Å². The quantitative estimate of drug-likeness (QED) is 0.671. The maximum atomic E-state index is 6.17. The van der Waals surface area contributed by atoms with E-state index in [1.807, 2.05) is 13.8 Å². The molecule has 0 amide bonds. The third-order valence-electron chi connectivity index (χ3n) is 3.70.